The summed E-state index contributed by atoms with van der Waals surface area (Å²) in [4.78, 5) is 13.2. The Morgan fingerprint density at radius 2 is 2.46 bits per heavy atom. The van der Waals surface area contributed by atoms with E-state index in [0.29, 0.717) is 6.54 Å². The van der Waals surface area contributed by atoms with Gasteiger partial charge in [-0.1, -0.05) is 0 Å². The van der Waals surface area contributed by atoms with Crippen LogP contribution in [0.15, 0.2) is 11.2 Å². The first-order chi connectivity index (χ1) is 6.34. The molecule has 0 amide bonds. The Morgan fingerprint density at radius 3 is 3.08 bits per heavy atom. The molecule has 0 aliphatic heterocycles. The zero-order valence-corrected chi connectivity index (χ0v) is 7.71. The molecule has 0 spiro atoms. The smallest absolute Gasteiger partial charge is 0.234 e. The first-order valence-electron chi connectivity index (χ1n) is 4.37. The predicted octanol–water partition coefficient (Wildman–Crippen LogP) is 1.38. The van der Waals surface area contributed by atoms with Gasteiger partial charge in [-0.15, -0.1) is 0 Å². The fourth-order valence-electron chi connectivity index (χ4n) is 1.18. The van der Waals surface area contributed by atoms with Gasteiger partial charge in [-0.3, -0.25) is 5.10 Å². The number of aliphatic imine (C=N–C) groups is 1. The summed E-state index contributed by atoms with van der Waals surface area (Å²) in [5.74, 6) is 0. The van der Waals surface area contributed by atoms with Gasteiger partial charge in [-0.05, 0) is 31.7 Å². The highest BCUT2D eigenvalue weighted by molar-refractivity contribution is 5.32. The Balaban J connectivity index is 2.20. The summed E-state index contributed by atoms with van der Waals surface area (Å²) in [5.41, 5.74) is 2.37. The maximum absolute atomic E-state index is 9.74. The lowest BCUT2D eigenvalue weighted by Crippen LogP contribution is -1.88. The Labute approximate surface area is 77.1 Å². The molecule has 1 N–H and O–H groups in total. The van der Waals surface area contributed by atoms with Crippen LogP contribution in [0.5, 0.6) is 0 Å². The molecule has 0 atom stereocenters. The first-order valence-corrected chi connectivity index (χ1v) is 4.37. The number of aromatic nitrogens is 2. The molecule has 0 aromatic carbocycles. The SMILES string of the molecule is Cc1[nH]ncc1CCCCN=C=O. The molecule has 0 unspecified atom stereocenters. The fraction of sp³-hybridized carbons (Fsp3) is 0.556. The molecule has 0 fully saturated rings. The second-order valence-electron chi connectivity index (χ2n) is 2.95. The summed E-state index contributed by atoms with van der Waals surface area (Å²) in [6.07, 6.45) is 6.34. The molecule has 13 heavy (non-hydrogen) atoms. The van der Waals surface area contributed by atoms with Gasteiger partial charge in [-0.2, -0.15) is 5.10 Å². The molecule has 0 radical (unpaired) electrons. The molecular formula is C9H13N3O. The van der Waals surface area contributed by atoms with Crippen LogP contribution >= 0.6 is 0 Å². The highest BCUT2D eigenvalue weighted by atomic mass is 16.1. The summed E-state index contributed by atoms with van der Waals surface area (Å²) in [7, 11) is 0. The maximum atomic E-state index is 9.74. The molecule has 4 heteroatoms. The van der Waals surface area contributed by atoms with Crippen molar-refractivity contribution in [2.45, 2.75) is 26.2 Å². The van der Waals surface area contributed by atoms with Gasteiger partial charge in [0.25, 0.3) is 0 Å². The number of nitrogens with zero attached hydrogens (tertiary/aromatic N) is 2. The summed E-state index contributed by atoms with van der Waals surface area (Å²) in [6.45, 7) is 2.59. The van der Waals surface area contributed by atoms with E-state index in [4.69, 9.17) is 0 Å². The first kappa shape index (κ1) is 9.68. The zero-order valence-electron chi connectivity index (χ0n) is 7.71. The third-order valence-electron chi connectivity index (χ3n) is 1.96. The van der Waals surface area contributed by atoms with Gasteiger partial charge in [0, 0.05) is 5.69 Å². The zero-order chi connectivity index (χ0) is 9.52. The van der Waals surface area contributed by atoms with Crippen molar-refractivity contribution in [1.29, 1.82) is 0 Å². The van der Waals surface area contributed by atoms with Gasteiger partial charge in [0.1, 0.15) is 0 Å². The van der Waals surface area contributed by atoms with E-state index in [0.717, 1.165) is 25.0 Å². The Kier molecular flexibility index (Phi) is 3.93. The van der Waals surface area contributed by atoms with Crippen LogP contribution in [-0.2, 0) is 11.2 Å². The minimum atomic E-state index is 0.584. The number of H-pyrrole nitrogens is 1. The van der Waals surface area contributed by atoms with E-state index in [1.54, 1.807) is 0 Å². The molecule has 0 saturated carbocycles. The van der Waals surface area contributed by atoms with E-state index < -0.39 is 0 Å². The van der Waals surface area contributed by atoms with Crippen LogP contribution in [0.2, 0.25) is 0 Å². The number of hydrogen-bond donors (Lipinski definition) is 1. The van der Waals surface area contributed by atoms with Gasteiger partial charge in [0.2, 0.25) is 6.08 Å². The molecule has 70 valence electrons. The molecule has 1 rings (SSSR count). The molecule has 1 heterocycles. The number of carbonyl (C=O) groups excluding carboxylic acids is 1. The Morgan fingerprint density at radius 1 is 1.62 bits per heavy atom. The highest BCUT2D eigenvalue weighted by Gasteiger charge is 1.98. The summed E-state index contributed by atoms with van der Waals surface area (Å²) in [5, 5.41) is 6.81. The molecule has 0 aliphatic rings. The molecule has 0 bridgehead atoms. The molecule has 0 saturated heterocycles. The minimum Gasteiger partial charge on any atom is -0.283 e. The van der Waals surface area contributed by atoms with Crippen molar-refractivity contribution in [1.82, 2.24) is 10.2 Å². The van der Waals surface area contributed by atoms with Crippen LogP contribution in [0.4, 0.5) is 0 Å². The van der Waals surface area contributed by atoms with E-state index in [1.807, 2.05) is 13.1 Å². The van der Waals surface area contributed by atoms with Crippen molar-refractivity contribution in [3.8, 4) is 0 Å². The molecule has 1 aromatic rings. The quantitative estimate of drug-likeness (QED) is 0.421. The molecule has 1 aromatic heterocycles. The molecule has 0 aliphatic carbocycles. The van der Waals surface area contributed by atoms with Crippen LogP contribution in [0.25, 0.3) is 0 Å². The van der Waals surface area contributed by atoms with E-state index in [9.17, 15) is 4.79 Å². The molecular weight excluding hydrogens is 166 g/mol. The Bertz CT molecular complexity index is 300. The van der Waals surface area contributed by atoms with Crippen LogP contribution in [0.1, 0.15) is 24.1 Å². The number of aromatic amines is 1. The largest absolute Gasteiger partial charge is 0.283 e. The van der Waals surface area contributed by atoms with E-state index in [1.165, 1.54) is 11.6 Å². The van der Waals surface area contributed by atoms with Crippen LogP contribution in [0.3, 0.4) is 0 Å². The highest BCUT2D eigenvalue weighted by Crippen LogP contribution is 2.07. The number of aryl methyl sites for hydroxylation is 2. The van der Waals surface area contributed by atoms with Crippen LogP contribution in [0, 0.1) is 6.92 Å². The number of hydrogen-bond acceptors (Lipinski definition) is 3. The average Bonchev–Trinajstić information content (AvgIpc) is 2.52. The normalized spacial score (nSPS) is 9.62. The third kappa shape index (κ3) is 3.22. The second-order valence-corrected chi connectivity index (χ2v) is 2.95. The van der Waals surface area contributed by atoms with E-state index in [-0.39, 0.29) is 0 Å². The van der Waals surface area contributed by atoms with Crippen LogP contribution < -0.4 is 0 Å². The lowest BCUT2D eigenvalue weighted by Gasteiger charge is -1.96. The Hall–Kier alpha value is -1.41. The number of unbranched alkanes of at least 4 members (excludes halogenated alkanes) is 1. The number of rotatable bonds is 5. The van der Waals surface area contributed by atoms with Crippen molar-refractivity contribution in [3.05, 3.63) is 17.5 Å². The molecule has 4 nitrogen and oxygen atoms in total. The second kappa shape index (κ2) is 5.27. The van der Waals surface area contributed by atoms with Crippen molar-refractivity contribution < 1.29 is 4.79 Å². The van der Waals surface area contributed by atoms with Crippen molar-refractivity contribution >= 4 is 6.08 Å². The summed E-state index contributed by atoms with van der Waals surface area (Å²) in [6, 6.07) is 0. The number of nitrogens with one attached hydrogen (secondary N) is 1. The third-order valence-corrected chi connectivity index (χ3v) is 1.96. The fourth-order valence-corrected chi connectivity index (χ4v) is 1.18. The van der Waals surface area contributed by atoms with Crippen molar-refractivity contribution in [2.24, 2.45) is 4.99 Å². The minimum absolute atomic E-state index is 0.584. The average molecular weight is 179 g/mol. The standard InChI is InChI=1S/C9H13N3O/c1-8-9(6-11-12-8)4-2-3-5-10-7-13/h6H,2-5H2,1H3,(H,11,12). The monoisotopic (exact) mass is 179 g/mol. The van der Waals surface area contributed by atoms with E-state index >= 15 is 0 Å². The predicted molar refractivity (Wildman–Crippen MR) is 49.3 cm³/mol. The summed E-state index contributed by atoms with van der Waals surface area (Å²) >= 11 is 0. The van der Waals surface area contributed by atoms with E-state index in [2.05, 4.69) is 15.2 Å². The maximum Gasteiger partial charge on any atom is 0.234 e. The van der Waals surface area contributed by atoms with Gasteiger partial charge in [0.05, 0.1) is 12.7 Å². The van der Waals surface area contributed by atoms with Crippen LogP contribution in [-0.4, -0.2) is 22.8 Å². The van der Waals surface area contributed by atoms with Gasteiger partial charge >= 0.3 is 0 Å². The summed E-state index contributed by atoms with van der Waals surface area (Å²) < 4.78 is 0. The van der Waals surface area contributed by atoms with Gasteiger partial charge in [-0.25, -0.2) is 9.79 Å². The number of isocyanates is 1. The van der Waals surface area contributed by atoms with Crippen molar-refractivity contribution in [3.63, 3.8) is 0 Å². The lowest BCUT2D eigenvalue weighted by molar-refractivity contribution is 0.562. The van der Waals surface area contributed by atoms with Gasteiger partial charge in [0.15, 0.2) is 0 Å². The lowest BCUT2D eigenvalue weighted by atomic mass is 10.1. The van der Waals surface area contributed by atoms with Gasteiger partial charge < -0.3 is 0 Å². The topological polar surface area (TPSA) is 58.1 Å². The van der Waals surface area contributed by atoms with Crippen molar-refractivity contribution in [2.75, 3.05) is 6.54 Å².